The van der Waals surface area contributed by atoms with E-state index in [4.69, 9.17) is 11.6 Å². The Labute approximate surface area is 167 Å². The van der Waals surface area contributed by atoms with Crippen molar-refractivity contribution in [3.63, 3.8) is 0 Å². The molecule has 0 unspecified atom stereocenters. The summed E-state index contributed by atoms with van der Waals surface area (Å²) in [7, 11) is 0. The molecule has 0 saturated carbocycles. The number of nitrogens with one attached hydrogen (secondary N) is 1. The number of carbonyl (C=O) groups is 1. The van der Waals surface area contributed by atoms with Crippen LogP contribution < -0.4 is 5.32 Å². The molecule has 0 fully saturated rings. The Balaban J connectivity index is 1.71. The molecule has 1 aromatic carbocycles. The monoisotopic (exact) mass is 401 g/mol. The van der Waals surface area contributed by atoms with Crippen LogP contribution >= 0.6 is 23.4 Å². The minimum Gasteiger partial charge on any atom is -0.325 e. The van der Waals surface area contributed by atoms with Crippen molar-refractivity contribution >= 4 is 35.0 Å². The van der Waals surface area contributed by atoms with E-state index in [0.29, 0.717) is 16.0 Å². The predicted molar refractivity (Wildman–Crippen MR) is 109 cm³/mol. The van der Waals surface area contributed by atoms with Crippen molar-refractivity contribution in [2.45, 2.75) is 32.0 Å². The highest BCUT2D eigenvalue weighted by molar-refractivity contribution is 7.99. The smallest absolute Gasteiger partial charge is 0.234 e. The highest BCUT2D eigenvalue weighted by Gasteiger charge is 2.16. The largest absolute Gasteiger partial charge is 0.325 e. The summed E-state index contributed by atoms with van der Waals surface area (Å²) < 4.78 is 2.00. The first-order valence-electron chi connectivity index (χ1n) is 8.62. The molecule has 0 radical (unpaired) electrons. The van der Waals surface area contributed by atoms with E-state index in [9.17, 15) is 4.79 Å². The first kappa shape index (κ1) is 19.4. The van der Waals surface area contributed by atoms with Gasteiger partial charge in [-0.2, -0.15) is 0 Å². The molecule has 2 aromatic heterocycles. The van der Waals surface area contributed by atoms with Gasteiger partial charge in [-0.15, -0.1) is 10.2 Å². The number of anilines is 1. The number of thioether (sulfide) groups is 1. The summed E-state index contributed by atoms with van der Waals surface area (Å²) >= 11 is 7.46. The van der Waals surface area contributed by atoms with Crippen LogP contribution in [0.3, 0.4) is 0 Å². The molecule has 1 N–H and O–H groups in total. The predicted octanol–water partition coefficient (Wildman–Crippen LogP) is 4.44. The van der Waals surface area contributed by atoms with Gasteiger partial charge in [0, 0.05) is 23.5 Å². The van der Waals surface area contributed by atoms with Crippen LogP contribution in [0.2, 0.25) is 5.02 Å². The molecule has 2 heterocycles. The lowest BCUT2D eigenvalue weighted by atomic mass is 10.2. The van der Waals surface area contributed by atoms with E-state index in [0.717, 1.165) is 29.9 Å². The van der Waals surface area contributed by atoms with E-state index >= 15 is 0 Å². The Morgan fingerprint density at radius 3 is 2.81 bits per heavy atom. The molecular weight excluding hydrogens is 382 g/mol. The highest BCUT2D eigenvalue weighted by Crippen LogP contribution is 2.25. The number of rotatable bonds is 7. The molecule has 140 valence electrons. The fourth-order valence-corrected chi connectivity index (χ4v) is 3.50. The Hall–Kier alpha value is -2.38. The third-order valence-electron chi connectivity index (χ3n) is 3.93. The Morgan fingerprint density at radius 2 is 2.07 bits per heavy atom. The molecule has 0 saturated heterocycles. The molecule has 8 heteroatoms. The maximum atomic E-state index is 12.4. The van der Waals surface area contributed by atoms with Crippen molar-refractivity contribution in [2.24, 2.45) is 0 Å². The second kappa shape index (κ2) is 9.01. The Kier molecular flexibility index (Phi) is 6.47. The molecule has 6 nitrogen and oxygen atoms in total. The van der Waals surface area contributed by atoms with Crippen LogP contribution in [-0.4, -0.2) is 31.4 Å². The molecular formula is C19H20ClN5OS. The number of carbonyl (C=O) groups excluding carboxylic acids is 1. The summed E-state index contributed by atoms with van der Waals surface area (Å²) in [6.07, 6.45) is 2.66. The minimum absolute atomic E-state index is 0.115. The van der Waals surface area contributed by atoms with Crippen LogP contribution in [0.5, 0.6) is 0 Å². The van der Waals surface area contributed by atoms with E-state index in [2.05, 4.69) is 27.4 Å². The zero-order chi connectivity index (χ0) is 19.2. The lowest BCUT2D eigenvalue weighted by Crippen LogP contribution is -2.15. The zero-order valence-corrected chi connectivity index (χ0v) is 16.7. The summed E-state index contributed by atoms with van der Waals surface area (Å²) in [6, 6.07) is 11.1. The fraction of sp³-hybridized carbons (Fsp3) is 0.263. The zero-order valence-electron chi connectivity index (χ0n) is 15.1. The maximum absolute atomic E-state index is 12.4. The summed E-state index contributed by atoms with van der Waals surface area (Å²) in [6.45, 7) is 4.73. The SMILES string of the molecule is CCCn1c(SCC(=O)Nc2cccc(Cl)c2C)nnc1-c1ccccn1. The van der Waals surface area contributed by atoms with Gasteiger partial charge in [0.2, 0.25) is 5.91 Å². The van der Waals surface area contributed by atoms with Gasteiger partial charge in [-0.05, 0) is 43.2 Å². The molecule has 0 aliphatic heterocycles. The first-order valence-corrected chi connectivity index (χ1v) is 9.99. The Bertz CT molecular complexity index is 929. The number of hydrogen-bond acceptors (Lipinski definition) is 5. The van der Waals surface area contributed by atoms with E-state index in [1.807, 2.05) is 41.8 Å². The van der Waals surface area contributed by atoms with E-state index < -0.39 is 0 Å². The number of amides is 1. The lowest BCUT2D eigenvalue weighted by Gasteiger charge is -2.10. The molecule has 1 amide bonds. The van der Waals surface area contributed by atoms with E-state index in [-0.39, 0.29) is 11.7 Å². The van der Waals surface area contributed by atoms with Gasteiger partial charge >= 0.3 is 0 Å². The van der Waals surface area contributed by atoms with Crippen LogP contribution in [0, 0.1) is 6.92 Å². The third kappa shape index (κ3) is 4.67. The second-order valence-corrected chi connectivity index (χ2v) is 7.27. The molecule has 0 spiro atoms. The van der Waals surface area contributed by atoms with E-state index in [1.165, 1.54) is 11.8 Å². The number of halogens is 1. The van der Waals surface area contributed by atoms with Crippen molar-refractivity contribution in [2.75, 3.05) is 11.1 Å². The number of pyridine rings is 1. The standard InChI is InChI=1S/C19H20ClN5OS/c1-3-11-25-18(16-8-4-5-10-21-16)23-24-19(25)27-12-17(26)22-15-9-6-7-14(20)13(15)2/h4-10H,3,11-12H2,1-2H3,(H,22,26). The van der Waals surface area contributed by atoms with Crippen molar-refractivity contribution in [1.82, 2.24) is 19.7 Å². The lowest BCUT2D eigenvalue weighted by molar-refractivity contribution is -0.113. The third-order valence-corrected chi connectivity index (χ3v) is 5.31. The summed E-state index contributed by atoms with van der Waals surface area (Å²) in [4.78, 5) is 16.7. The van der Waals surface area contributed by atoms with Crippen molar-refractivity contribution < 1.29 is 4.79 Å². The molecule has 0 atom stereocenters. The molecule has 0 aliphatic carbocycles. The average Bonchev–Trinajstić information content (AvgIpc) is 3.07. The normalized spacial score (nSPS) is 10.8. The van der Waals surface area contributed by atoms with Crippen molar-refractivity contribution in [1.29, 1.82) is 0 Å². The van der Waals surface area contributed by atoms with E-state index in [1.54, 1.807) is 12.3 Å². The number of benzene rings is 1. The van der Waals surface area contributed by atoms with Crippen molar-refractivity contribution in [3.8, 4) is 11.5 Å². The van der Waals surface area contributed by atoms with Gasteiger partial charge < -0.3 is 9.88 Å². The van der Waals surface area contributed by atoms with Gasteiger partial charge in [-0.3, -0.25) is 9.78 Å². The fourth-order valence-electron chi connectivity index (χ4n) is 2.56. The van der Waals surface area contributed by atoms with Gasteiger partial charge in [0.05, 0.1) is 5.75 Å². The van der Waals surface area contributed by atoms with Gasteiger partial charge in [0.15, 0.2) is 11.0 Å². The van der Waals surface area contributed by atoms with Gasteiger partial charge in [0.25, 0.3) is 0 Å². The van der Waals surface area contributed by atoms with Crippen LogP contribution in [0.15, 0.2) is 47.8 Å². The van der Waals surface area contributed by atoms with Gasteiger partial charge in [0.1, 0.15) is 5.69 Å². The Morgan fingerprint density at radius 1 is 1.22 bits per heavy atom. The average molecular weight is 402 g/mol. The minimum atomic E-state index is -0.115. The maximum Gasteiger partial charge on any atom is 0.234 e. The number of nitrogens with zero attached hydrogens (tertiary/aromatic N) is 4. The topological polar surface area (TPSA) is 72.7 Å². The van der Waals surface area contributed by atoms with Gasteiger partial charge in [-0.25, -0.2) is 0 Å². The van der Waals surface area contributed by atoms with Gasteiger partial charge in [-0.1, -0.05) is 42.4 Å². The quantitative estimate of drug-likeness (QED) is 0.592. The number of aromatic nitrogens is 4. The molecule has 3 rings (SSSR count). The van der Waals surface area contributed by atoms with Crippen LogP contribution in [-0.2, 0) is 11.3 Å². The van der Waals surface area contributed by atoms with Crippen molar-refractivity contribution in [3.05, 3.63) is 53.2 Å². The summed E-state index contributed by atoms with van der Waals surface area (Å²) in [5, 5.41) is 12.8. The van der Waals surface area contributed by atoms with Crippen LogP contribution in [0.25, 0.3) is 11.5 Å². The summed E-state index contributed by atoms with van der Waals surface area (Å²) in [5.74, 6) is 0.831. The molecule has 27 heavy (non-hydrogen) atoms. The number of hydrogen-bond donors (Lipinski definition) is 1. The summed E-state index contributed by atoms with van der Waals surface area (Å²) in [5.41, 5.74) is 2.34. The van der Waals surface area contributed by atoms with Crippen LogP contribution in [0.1, 0.15) is 18.9 Å². The second-order valence-electron chi connectivity index (χ2n) is 5.92. The molecule has 0 aliphatic rings. The first-order chi connectivity index (χ1) is 13.1. The highest BCUT2D eigenvalue weighted by atomic mass is 35.5. The van der Waals surface area contributed by atoms with Crippen LogP contribution in [0.4, 0.5) is 5.69 Å². The molecule has 0 bridgehead atoms. The molecule has 3 aromatic rings.